The molecule has 0 saturated heterocycles. The number of likely N-dealkylation sites (N-methyl/N-ethyl adjacent to an activating group) is 1. The summed E-state index contributed by atoms with van der Waals surface area (Å²) in [6.07, 6.45) is 0. The highest BCUT2D eigenvalue weighted by Crippen LogP contribution is 2.19. The van der Waals surface area contributed by atoms with Crippen molar-refractivity contribution in [2.24, 2.45) is 11.7 Å². The van der Waals surface area contributed by atoms with Crippen LogP contribution in [0.4, 0.5) is 5.82 Å². The van der Waals surface area contributed by atoms with Crippen molar-refractivity contribution < 1.29 is 14.4 Å². The predicted octanol–water partition coefficient (Wildman–Crippen LogP) is 2.41. The number of fused-ring (bicyclic) bond motifs is 1. The molecule has 0 spiro atoms. The van der Waals surface area contributed by atoms with Gasteiger partial charge in [-0.3, -0.25) is 19.1 Å². The van der Waals surface area contributed by atoms with E-state index in [1.165, 1.54) is 9.58 Å². The molecule has 162 valence electrons. The first-order valence-electron chi connectivity index (χ1n) is 9.63. The smallest absolute Gasteiger partial charge is 0.269 e. The van der Waals surface area contributed by atoms with E-state index >= 15 is 0 Å². The first kappa shape index (κ1) is 22.4. The molecule has 10 heteroatoms. The van der Waals surface area contributed by atoms with Gasteiger partial charge < -0.3 is 16.0 Å². The molecule has 3 amide bonds. The second-order valence-corrected chi connectivity index (χ2v) is 8.23. The zero-order chi connectivity index (χ0) is 22.7. The highest BCUT2D eigenvalue weighted by molar-refractivity contribution is 9.10. The summed E-state index contributed by atoms with van der Waals surface area (Å²) >= 11 is 3.27. The summed E-state index contributed by atoms with van der Waals surface area (Å²) in [4.78, 5) is 43.3. The molecule has 0 bridgehead atoms. The Bertz CT molecular complexity index is 1140. The van der Waals surface area contributed by atoms with Crippen molar-refractivity contribution in [3.63, 3.8) is 0 Å². The second kappa shape index (κ2) is 9.25. The molecule has 9 nitrogen and oxygen atoms in total. The van der Waals surface area contributed by atoms with E-state index in [1.807, 2.05) is 13.8 Å². The van der Waals surface area contributed by atoms with E-state index in [1.54, 1.807) is 49.5 Å². The predicted molar refractivity (Wildman–Crippen MR) is 120 cm³/mol. The molecule has 0 radical (unpaired) electrons. The molecule has 31 heavy (non-hydrogen) atoms. The average Bonchev–Trinajstić information content (AvgIpc) is 3.06. The molecular formula is C21H23BrN6O3. The van der Waals surface area contributed by atoms with E-state index < -0.39 is 11.9 Å². The SMILES string of the molecule is CC(C)[C@@H](C(=O)Nc1cccc(Br)n1)N(C)C(=O)Cn1nc(C(N)=O)c2ccccc21. The lowest BCUT2D eigenvalue weighted by molar-refractivity contribution is -0.139. The number of pyridine rings is 1. The van der Waals surface area contributed by atoms with Crippen LogP contribution in [0.3, 0.4) is 0 Å². The van der Waals surface area contributed by atoms with Gasteiger partial charge in [0.1, 0.15) is 23.0 Å². The van der Waals surface area contributed by atoms with E-state index in [9.17, 15) is 14.4 Å². The lowest BCUT2D eigenvalue weighted by atomic mass is 10.0. The zero-order valence-electron chi connectivity index (χ0n) is 17.4. The monoisotopic (exact) mass is 486 g/mol. The van der Waals surface area contributed by atoms with E-state index in [4.69, 9.17) is 5.73 Å². The van der Waals surface area contributed by atoms with Gasteiger partial charge in [0.2, 0.25) is 11.8 Å². The number of hydrogen-bond donors (Lipinski definition) is 2. The van der Waals surface area contributed by atoms with Crippen LogP contribution in [0.15, 0.2) is 47.1 Å². The van der Waals surface area contributed by atoms with Crippen molar-refractivity contribution >= 4 is 50.4 Å². The summed E-state index contributed by atoms with van der Waals surface area (Å²) in [7, 11) is 1.57. The summed E-state index contributed by atoms with van der Waals surface area (Å²) < 4.78 is 2.02. The minimum Gasteiger partial charge on any atom is -0.364 e. The van der Waals surface area contributed by atoms with Gasteiger partial charge in [0.15, 0.2) is 5.69 Å². The number of anilines is 1. The molecule has 3 aromatic rings. The molecule has 3 N–H and O–H groups in total. The normalized spacial score (nSPS) is 12.0. The number of aromatic nitrogens is 3. The first-order chi connectivity index (χ1) is 14.7. The molecule has 0 aliphatic rings. The molecule has 1 aromatic carbocycles. The van der Waals surface area contributed by atoms with Crippen molar-refractivity contribution in [1.29, 1.82) is 0 Å². The Morgan fingerprint density at radius 3 is 2.52 bits per heavy atom. The molecule has 0 unspecified atom stereocenters. The quantitative estimate of drug-likeness (QED) is 0.496. The van der Waals surface area contributed by atoms with E-state index in [-0.39, 0.29) is 30.0 Å². The minimum atomic E-state index is -0.731. The molecule has 2 heterocycles. The molecule has 0 fully saturated rings. The van der Waals surface area contributed by atoms with Gasteiger partial charge in [-0.25, -0.2) is 4.98 Å². The van der Waals surface area contributed by atoms with Gasteiger partial charge >= 0.3 is 0 Å². The maximum Gasteiger partial charge on any atom is 0.269 e. The number of carbonyl (C=O) groups is 3. The maximum atomic E-state index is 13.0. The van der Waals surface area contributed by atoms with Gasteiger partial charge in [-0.2, -0.15) is 5.10 Å². The Hall–Kier alpha value is -3.27. The van der Waals surface area contributed by atoms with Crippen molar-refractivity contribution in [3.8, 4) is 0 Å². The van der Waals surface area contributed by atoms with Crippen LogP contribution < -0.4 is 11.1 Å². The van der Waals surface area contributed by atoms with Gasteiger partial charge in [0.05, 0.1) is 5.52 Å². The minimum absolute atomic E-state index is 0.102. The standard InChI is InChI=1S/C21H23BrN6O3/c1-12(2)19(21(31)25-16-10-6-9-15(22)24-16)27(3)17(29)11-28-14-8-5-4-7-13(14)18(26-28)20(23)30/h4-10,12,19H,11H2,1-3H3,(H2,23,30)(H,24,25,31)/t19-/m0/s1. The number of hydrogen-bond acceptors (Lipinski definition) is 5. The fourth-order valence-electron chi connectivity index (χ4n) is 3.43. The van der Waals surface area contributed by atoms with Gasteiger partial charge in [0, 0.05) is 12.4 Å². The van der Waals surface area contributed by atoms with Gasteiger partial charge in [-0.05, 0) is 40.0 Å². The first-order valence-corrected chi connectivity index (χ1v) is 10.4. The number of rotatable bonds is 7. The van der Waals surface area contributed by atoms with Crippen LogP contribution in [-0.2, 0) is 16.1 Å². The Morgan fingerprint density at radius 2 is 1.87 bits per heavy atom. The lowest BCUT2D eigenvalue weighted by Gasteiger charge is -2.30. The zero-order valence-corrected chi connectivity index (χ0v) is 19.0. The highest BCUT2D eigenvalue weighted by Gasteiger charge is 2.30. The van der Waals surface area contributed by atoms with Crippen molar-refractivity contribution in [3.05, 3.63) is 52.8 Å². The Morgan fingerprint density at radius 1 is 1.16 bits per heavy atom. The Balaban J connectivity index is 1.82. The van der Waals surface area contributed by atoms with Crippen LogP contribution in [0, 0.1) is 5.92 Å². The van der Waals surface area contributed by atoms with E-state index in [2.05, 4.69) is 31.3 Å². The van der Waals surface area contributed by atoms with E-state index in [0.717, 1.165) is 0 Å². The van der Waals surface area contributed by atoms with Gasteiger partial charge in [0.25, 0.3) is 5.91 Å². The third-order valence-electron chi connectivity index (χ3n) is 4.85. The number of nitrogens with one attached hydrogen (secondary N) is 1. The fraction of sp³-hybridized carbons (Fsp3) is 0.286. The van der Waals surface area contributed by atoms with Crippen molar-refractivity contribution in [2.75, 3.05) is 12.4 Å². The molecule has 2 aromatic heterocycles. The second-order valence-electron chi connectivity index (χ2n) is 7.42. The lowest BCUT2D eigenvalue weighted by Crippen LogP contribution is -2.49. The maximum absolute atomic E-state index is 13.0. The Labute approximate surface area is 187 Å². The number of nitrogens with two attached hydrogens (primary N) is 1. The molecular weight excluding hydrogens is 464 g/mol. The summed E-state index contributed by atoms with van der Waals surface area (Å²) in [5.74, 6) is -1.12. The number of para-hydroxylation sites is 1. The number of primary amides is 1. The summed E-state index contributed by atoms with van der Waals surface area (Å²) in [5, 5.41) is 7.54. The Kier molecular flexibility index (Phi) is 6.69. The number of amides is 3. The molecule has 0 aliphatic carbocycles. The van der Waals surface area contributed by atoms with Crippen LogP contribution in [-0.4, -0.2) is 50.5 Å². The van der Waals surface area contributed by atoms with Crippen molar-refractivity contribution in [1.82, 2.24) is 19.7 Å². The van der Waals surface area contributed by atoms with Gasteiger partial charge in [-0.15, -0.1) is 0 Å². The largest absolute Gasteiger partial charge is 0.364 e. The fourth-order valence-corrected chi connectivity index (χ4v) is 3.77. The average molecular weight is 487 g/mol. The summed E-state index contributed by atoms with van der Waals surface area (Å²) in [6.45, 7) is 3.57. The molecule has 0 aliphatic heterocycles. The third kappa shape index (κ3) is 4.91. The number of nitrogens with zero attached hydrogens (tertiary/aromatic N) is 4. The van der Waals surface area contributed by atoms with Crippen LogP contribution in [0.5, 0.6) is 0 Å². The van der Waals surface area contributed by atoms with Gasteiger partial charge in [-0.1, -0.05) is 38.1 Å². The van der Waals surface area contributed by atoms with Crippen molar-refractivity contribution in [2.45, 2.75) is 26.4 Å². The van der Waals surface area contributed by atoms with Crippen LogP contribution in [0.1, 0.15) is 24.3 Å². The van der Waals surface area contributed by atoms with Crippen LogP contribution in [0.25, 0.3) is 10.9 Å². The third-order valence-corrected chi connectivity index (χ3v) is 5.30. The topological polar surface area (TPSA) is 123 Å². The molecule has 1 atom stereocenters. The summed E-state index contributed by atoms with van der Waals surface area (Å²) in [5.41, 5.74) is 6.14. The number of benzene rings is 1. The summed E-state index contributed by atoms with van der Waals surface area (Å²) in [6, 6.07) is 11.5. The highest BCUT2D eigenvalue weighted by atomic mass is 79.9. The molecule has 0 saturated carbocycles. The number of halogens is 1. The van der Waals surface area contributed by atoms with Crippen LogP contribution in [0.2, 0.25) is 0 Å². The number of carbonyl (C=O) groups excluding carboxylic acids is 3. The van der Waals surface area contributed by atoms with E-state index in [0.29, 0.717) is 21.3 Å². The van der Waals surface area contributed by atoms with Crippen LogP contribution >= 0.6 is 15.9 Å². The molecule has 3 rings (SSSR count).